The quantitative estimate of drug-likeness (QED) is 0.560. The van der Waals surface area contributed by atoms with Crippen molar-refractivity contribution in [1.29, 1.82) is 0 Å². The number of fused-ring (bicyclic) bond motifs is 1. The van der Waals surface area contributed by atoms with Crippen molar-refractivity contribution in [3.05, 3.63) is 47.0 Å². The first kappa shape index (κ1) is 10.9. The second-order valence-electron chi connectivity index (χ2n) is 4.01. The zero-order chi connectivity index (χ0) is 11.5. The molecular weight excluding hydrogens is 204 g/mol. The second-order valence-corrected chi connectivity index (χ2v) is 4.01. The molecule has 0 spiro atoms. The average molecular weight is 218 g/mol. The van der Waals surface area contributed by atoms with Crippen molar-refractivity contribution in [2.75, 3.05) is 0 Å². The summed E-state index contributed by atoms with van der Waals surface area (Å²) in [5, 5.41) is 18.9. The minimum Gasteiger partial charge on any atom is -0.478 e. The molecule has 1 aromatic rings. The first-order valence-electron chi connectivity index (χ1n) is 5.38. The fourth-order valence-electron chi connectivity index (χ4n) is 2.16. The number of benzene rings is 1. The minimum atomic E-state index is -0.992. The van der Waals surface area contributed by atoms with Gasteiger partial charge >= 0.3 is 5.97 Å². The van der Waals surface area contributed by atoms with Gasteiger partial charge in [-0.25, -0.2) is 4.79 Å². The second kappa shape index (κ2) is 4.49. The molecule has 2 rings (SSSR count). The van der Waals surface area contributed by atoms with Gasteiger partial charge in [-0.1, -0.05) is 24.3 Å². The number of rotatable bonds is 1. The van der Waals surface area contributed by atoms with E-state index in [1.807, 2.05) is 24.3 Å². The standard InChI is InChI=1S/C13H14O3/c14-12(15)8-10-6-3-5-9-4-1-2-7-11(9)13(10)16/h1-2,4,7-8,13,16H,3,5-6H2,(H,14,15)/b10-8+/t13-/m1/s1. The van der Waals surface area contributed by atoms with Crippen molar-refractivity contribution in [3.8, 4) is 0 Å². The van der Waals surface area contributed by atoms with Crippen LogP contribution < -0.4 is 0 Å². The van der Waals surface area contributed by atoms with E-state index < -0.39 is 12.1 Å². The Kier molecular flexibility index (Phi) is 3.06. The van der Waals surface area contributed by atoms with Crippen molar-refractivity contribution in [2.24, 2.45) is 0 Å². The molecular formula is C13H14O3. The third-order valence-corrected chi connectivity index (χ3v) is 2.92. The fraction of sp³-hybridized carbons (Fsp3) is 0.308. The van der Waals surface area contributed by atoms with Crippen LogP contribution in [0.1, 0.15) is 30.1 Å². The van der Waals surface area contributed by atoms with E-state index in [9.17, 15) is 9.90 Å². The zero-order valence-electron chi connectivity index (χ0n) is 8.89. The van der Waals surface area contributed by atoms with E-state index in [4.69, 9.17) is 5.11 Å². The Morgan fingerprint density at radius 3 is 2.81 bits per heavy atom. The van der Waals surface area contributed by atoms with Crippen molar-refractivity contribution >= 4 is 5.97 Å². The fourth-order valence-corrected chi connectivity index (χ4v) is 2.16. The van der Waals surface area contributed by atoms with Crippen molar-refractivity contribution in [2.45, 2.75) is 25.4 Å². The lowest BCUT2D eigenvalue weighted by atomic mass is 9.98. The molecule has 0 radical (unpaired) electrons. The minimum absolute atomic E-state index is 0.595. The molecule has 0 heterocycles. The van der Waals surface area contributed by atoms with E-state index in [0.717, 1.165) is 30.0 Å². The van der Waals surface area contributed by atoms with Crippen LogP contribution in [0.2, 0.25) is 0 Å². The largest absolute Gasteiger partial charge is 0.478 e. The number of aryl methyl sites for hydroxylation is 1. The topological polar surface area (TPSA) is 57.5 Å². The highest BCUT2D eigenvalue weighted by molar-refractivity contribution is 5.81. The summed E-state index contributed by atoms with van der Waals surface area (Å²) < 4.78 is 0. The summed E-state index contributed by atoms with van der Waals surface area (Å²) in [5.41, 5.74) is 2.55. The van der Waals surface area contributed by atoms with Crippen LogP contribution in [-0.2, 0) is 11.2 Å². The molecule has 1 aliphatic rings. The lowest BCUT2D eigenvalue weighted by Gasteiger charge is -2.13. The Balaban J connectivity index is 2.41. The van der Waals surface area contributed by atoms with Crippen molar-refractivity contribution in [1.82, 2.24) is 0 Å². The first-order chi connectivity index (χ1) is 7.68. The smallest absolute Gasteiger partial charge is 0.328 e. The number of aliphatic hydroxyl groups is 1. The molecule has 2 N–H and O–H groups in total. The Morgan fingerprint density at radius 1 is 1.31 bits per heavy atom. The molecule has 1 aromatic carbocycles. The predicted molar refractivity (Wildman–Crippen MR) is 60.1 cm³/mol. The molecule has 1 atom stereocenters. The van der Waals surface area contributed by atoms with Crippen molar-refractivity contribution in [3.63, 3.8) is 0 Å². The first-order valence-corrected chi connectivity index (χ1v) is 5.38. The van der Waals surface area contributed by atoms with Gasteiger partial charge in [0, 0.05) is 6.08 Å². The maximum atomic E-state index is 10.6. The molecule has 0 saturated carbocycles. The molecule has 0 bridgehead atoms. The molecule has 3 heteroatoms. The SMILES string of the molecule is O=C(O)/C=C1\CCCc2ccccc2[C@@H]1O. The van der Waals surface area contributed by atoms with Crippen LogP contribution in [0.25, 0.3) is 0 Å². The number of carboxylic acid groups (broad SMARTS) is 1. The number of carbonyl (C=O) groups is 1. The lowest BCUT2D eigenvalue weighted by Crippen LogP contribution is -2.04. The number of hydrogen-bond acceptors (Lipinski definition) is 2. The predicted octanol–water partition coefficient (Wildman–Crippen LogP) is 2.07. The normalized spacial score (nSPS) is 22.6. The average Bonchev–Trinajstić information content (AvgIpc) is 2.40. The van der Waals surface area contributed by atoms with Crippen LogP contribution in [0.4, 0.5) is 0 Å². The number of aliphatic carboxylic acids is 1. The lowest BCUT2D eigenvalue weighted by molar-refractivity contribution is -0.131. The Labute approximate surface area is 94.0 Å². The van der Waals surface area contributed by atoms with Gasteiger partial charge in [-0.2, -0.15) is 0 Å². The van der Waals surface area contributed by atoms with Gasteiger partial charge in [0.25, 0.3) is 0 Å². The van der Waals surface area contributed by atoms with Crippen molar-refractivity contribution < 1.29 is 15.0 Å². The van der Waals surface area contributed by atoms with Gasteiger partial charge in [-0.15, -0.1) is 0 Å². The maximum absolute atomic E-state index is 10.6. The highest BCUT2D eigenvalue weighted by atomic mass is 16.4. The zero-order valence-corrected chi connectivity index (χ0v) is 8.89. The van der Waals surface area contributed by atoms with Gasteiger partial charge in [0.15, 0.2) is 0 Å². The van der Waals surface area contributed by atoms with Gasteiger partial charge < -0.3 is 10.2 Å². The van der Waals surface area contributed by atoms with Crippen LogP contribution in [0.3, 0.4) is 0 Å². The number of hydrogen-bond donors (Lipinski definition) is 2. The molecule has 0 aliphatic heterocycles. The van der Waals surface area contributed by atoms with E-state index >= 15 is 0 Å². The van der Waals surface area contributed by atoms with Crippen LogP contribution in [0, 0.1) is 0 Å². The summed E-state index contributed by atoms with van der Waals surface area (Å²) in [4.78, 5) is 10.6. The Hall–Kier alpha value is -1.61. The molecule has 0 saturated heterocycles. The summed E-state index contributed by atoms with van der Waals surface area (Å²) in [5.74, 6) is -0.992. The molecule has 1 aliphatic carbocycles. The van der Waals surface area contributed by atoms with E-state index in [1.54, 1.807) is 0 Å². The van der Waals surface area contributed by atoms with Crippen LogP contribution in [0.15, 0.2) is 35.9 Å². The summed E-state index contributed by atoms with van der Waals surface area (Å²) >= 11 is 0. The summed E-state index contributed by atoms with van der Waals surface area (Å²) in [6, 6.07) is 7.66. The Morgan fingerprint density at radius 2 is 2.06 bits per heavy atom. The summed E-state index contributed by atoms with van der Waals surface area (Å²) in [6.45, 7) is 0. The number of aliphatic hydroxyl groups excluding tert-OH is 1. The van der Waals surface area contributed by atoms with E-state index in [2.05, 4.69) is 0 Å². The van der Waals surface area contributed by atoms with Crippen LogP contribution >= 0.6 is 0 Å². The Bertz CT molecular complexity index is 435. The third kappa shape index (κ3) is 2.14. The van der Waals surface area contributed by atoms with E-state index in [1.165, 1.54) is 0 Å². The van der Waals surface area contributed by atoms with Gasteiger partial charge in [0.05, 0.1) is 0 Å². The highest BCUT2D eigenvalue weighted by Gasteiger charge is 2.20. The van der Waals surface area contributed by atoms with Gasteiger partial charge in [-0.05, 0) is 36.0 Å². The molecule has 0 aromatic heterocycles. The molecule has 0 fully saturated rings. The van der Waals surface area contributed by atoms with Crippen LogP contribution in [0.5, 0.6) is 0 Å². The summed E-state index contributed by atoms with van der Waals surface area (Å²) in [7, 11) is 0. The third-order valence-electron chi connectivity index (χ3n) is 2.92. The number of carboxylic acids is 1. The molecule has 16 heavy (non-hydrogen) atoms. The van der Waals surface area contributed by atoms with Gasteiger partial charge in [-0.3, -0.25) is 0 Å². The van der Waals surface area contributed by atoms with E-state index in [-0.39, 0.29) is 0 Å². The van der Waals surface area contributed by atoms with Gasteiger partial charge in [0.1, 0.15) is 6.10 Å². The highest BCUT2D eigenvalue weighted by Crippen LogP contribution is 2.32. The molecule has 3 nitrogen and oxygen atoms in total. The van der Waals surface area contributed by atoms with Gasteiger partial charge in [0.2, 0.25) is 0 Å². The monoisotopic (exact) mass is 218 g/mol. The van der Waals surface area contributed by atoms with E-state index in [0.29, 0.717) is 12.0 Å². The molecule has 0 amide bonds. The maximum Gasteiger partial charge on any atom is 0.328 e. The van der Waals surface area contributed by atoms with Crippen LogP contribution in [-0.4, -0.2) is 16.2 Å². The molecule has 0 unspecified atom stereocenters. The summed E-state index contributed by atoms with van der Waals surface area (Å²) in [6.07, 6.45) is 2.78. The molecule has 84 valence electrons.